The molecule has 116 valence electrons. The Morgan fingerprint density at radius 1 is 1.14 bits per heavy atom. The predicted octanol–water partition coefficient (Wildman–Crippen LogP) is 3.38. The van der Waals surface area contributed by atoms with E-state index in [0.717, 1.165) is 12.1 Å². The number of benzene rings is 2. The zero-order valence-electron chi connectivity index (χ0n) is 12.1. The highest BCUT2D eigenvalue weighted by Crippen LogP contribution is 2.23. The number of halogens is 2. The monoisotopic (exact) mass is 307 g/mol. The van der Waals surface area contributed by atoms with E-state index in [2.05, 4.69) is 5.32 Å². The Balaban J connectivity index is 2.04. The average molecular weight is 307 g/mol. The van der Waals surface area contributed by atoms with Crippen molar-refractivity contribution in [2.24, 2.45) is 0 Å². The van der Waals surface area contributed by atoms with Crippen molar-refractivity contribution in [1.82, 2.24) is 0 Å². The number of amides is 1. The number of carbonyl (C=O) groups excluding carboxylic acids is 1. The number of para-hydroxylation sites is 2. The molecule has 0 saturated heterocycles. The fraction of sp³-hybridized carbons (Fsp3) is 0.188. The van der Waals surface area contributed by atoms with Gasteiger partial charge in [0.1, 0.15) is 11.5 Å². The molecular weight excluding hydrogens is 292 g/mol. The maximum atomic E-state index is 13.1. The van der Waals surface area contributed by atoms with Gasteiger partial charge < -0.3 is 14.8 Å². The molecule has 1 amide bonds. The van der Waals surface area contributed by atoms with Crippen LogP contribution in [0.3, 0.4) is 0 Å². The molecule has 6 heteroatoms. The summed E-state index contributed by atoms with van der Waals surface area (Å²) in [6.07, 6.45) is -0.894. The van der Waals surface area contributed by atoms with Gasteiger partial charge in [-0.05, 0) is 31.2 Å². The van der Waals surface area contributed by atoms with E-state index in [1.54, 1.807) is 24.3 Å². The van der Waals surface area contributed by atoms with Gasteiger partial charge in [-0.2, -0.15) is 0 Å². The molecule has 0 aliphatic rings. The van der Waals surface area contributed by atoms with E-state index < -0.39 is 23.6 Å². The van der Waals surface area contributed by atoms with E-state index in [9.17, 15) is 13.6 Å². The second-order valence-corrected chi connectivity index (χ2v) is 4.53. The van der Waals surface area contributed by atoms with Crippen LogP contribution in [0.2, 0.25) is 0 Å². The molecule has 1 atom stereocenters. The summed E-state index contributed by atoms with van der Waals surface area (Å²) in [4.78, 5) is 12.1. The van der Waals surface area contributed by atoms with Gasteiger partial charge >= 0.3 is 0 Å². The van der Waals surface area contributed by atoms with Crippen LogP contribution in [0, 0.1) is 11.6 Å². The molecule has 0 aromatic heterocycles. The largest absolute Gasteiger partial charge is 0.495 e. The number of nitrogens with one attached hydrogen (secondary N) is 1. The molecule has 0 aliphatic carbocycles. The van der Waals surface area contributed by atoms with Crippen LogP contribution in [0.25, 0.3) is 0 Å². The smallest absolute Gasteiger partial charge is 0.265 e. The number of anilines is 1. The van der Waals surface area contributed by atoms with Crippen molar-refractivity contribution < 1.29 is 23.0 Å². The maximum Gasteiger partial charge on any atom is 0.265 e. The Morgan fingerprint density at radius 2 is 1.86 bits per heavy atom. The van der Waals surface area contributed by atoms with Crippen molar-refractivity contribution in [3.05, 3.63) is 54.1 Å². The minimum atomic E-state index is -1.03. The first kappa shape index (κ1) is 15.8. The van der Waals surface area contributed by atoms with Crippen LogP contribution in [0.5, 0.6) is 11.5 Å². The molecule has 22 heavy (non-hydrogen) atoms. The second-order valence-electron chi connectivity index (χ2n) is 4.53. The number of rotatable bonds is 5. The van der Waals surface area contributed by atoms with Gasteiger partial charge in [0.25, 0.3) is 5.91 Å². The summed E-state index contributed by atoms with van der Waals surface area (Å²) in [5, 5.41) is 2.65. The molecule has 0 bridgehead atoms. The zero-order chi connectivity index (χ0) is 16.1. The van der Waals surface area contributed by atoms with E-state index in [-0.39, 0.29) is 5.75 Å². The number of carbonyl (C=O) groups is 1. The average Bonchev–Trinajstić information content (AvgIpc) is 2.51. The zero-order valence-corrected chi connectivity index (χ0v) is 12.1. The van der Waals surface area contributed by atoms with Crippen molar-refractivity contribution in [2.75, 3.05) is 12.4 Å². The van der Waals surface area contributed by atoms with Gasteiger partial charge in [0.05, 0.1) is 12.8 Å². The minimum Gasteiger partial charge on any atom is -0.495 e. The van der Waals surface area contributed by atoms with Crippen LogP contribution >= 0.6 is 0 Å². The lowest BCUT2D eigenvalue weighted by Gasteiger charge is -2.16. The molecule has 0 saturated carbocycles. The fourth-order valence-electron chi connectivity index (χ4n) is 1.79. The van der Waals surface area contributed by atoms with Gasteiger partial charge in [0.2, 0.25) is 0 Å². The summed E-state index contributed by atoms with van der Waals surface area (Å²) in [5.41, 5.74) is 0.496. The summed E-state index contributed by atoms with van der Waals surface area (Å²) in [6, 6.07) is 10.00. The van der Waals surface area contributed by atoms with Crippen molar-refractivity contribution in [1.29, 1.82) is 0 Å². The van der Waals surface area contributed by atoms with Gasteiger partial charge in [-0.1, -0.05) is 12.1 Å². The lowest BCUT2D eigenvalue weighted by atomic mass is 10.2. The lowest BCUT2D eigenvalue weighted by Crippen LogP contribution is -2.30. The van der Waals surface area contributed by atoms with Crippen LogP contribution in [0.1, 0.15) is 6.92 Å². The molecule has 4 nitrogen and oxygen atoms in total. The van der Waals surface area contributed by atoms with E-state index in [1.807, 2.05) is 0 Å². The van der Waals surface area contributed by atoms with Crippen LogP contribution < -0.4 is 14.8 Å². The molecule has 0 radical (unpaired) electrons. The molecule has 0 spiro atoms. The Labute approximate surface area is 126 Å². The molecule has 0 unspecified atom stereocenters. The third kappa shape index (κ3) is 3.72. The first-order valence-corrected chi connectivity index (χ1v) is 6.57. The maximum absolute atomic E-state index is 13.1. The number of methoxy groups -OCH3 is 1. The van der Waals surface area contributed by atoms with E-state index in [4.69, 9.17) is 9.47 Å². The summed E-state index contributed by atoms with van der Waals surface area (Å²) >= 11 is 0. The summed E-state index contributed by atoms with van der Waals surface area (Å²) < 4.78 is 36.4. The highest BCUT2D eigenvalue weighted by Gasteiger charge is 2.17. The van der Waals surface area contributed by atoms with Crippen molar-refractivity contribution >= 4 is 11.6 Å². The topological polar surface area (TPSA) is 47.6 Å². The molecule has 2 aromatic rings. The van der Waals surface area contributed by atoms with E-state index in [0.29, 0.717) is 11.4 Å². The van der Waals surface area contributed by atoms with Crippen molar-refractivity contribution in [2.45, 2.75) is 13.0 Å². The van der Waals surface area contributed by atoms with E-state index >= 15 is 0 Å². The van der Waals surface area contributed by atoms with Crippen LogP contribution in [-0.2, 0) is 4.79 Å². The van der Waals surface area contributed by atoms with Crippen molar-refractivity contribution in [3.8, 4) is 11.5 Å². The quantitative estimate of drug-likeness (QED) is 0.921. The highest BCUT2D eigenvalue weighted by atomic mass is 19.2. The van der Waals surface area contributed by atoms with Gasteiger partial charge in [-0.3, -0.25) is 4.79 Å². The van der Waals surface area contributed by atoms with Gasteiger partial charge in [0.15, 0.2) is 17.7 Å². The molecule has 1 N–H and O–H groups in total. The third-order valence-electron chi connectivity index (χ3n) is 2.94. The molecule has 2 aromatic carbocycles. The lowest BCUT2D eigenvalue weighted by molar-refractivity contribution is -0.122. The Morgan fingerprint density at radius 3 is 2.55 bits per heavy atom. The SMILES string of the molecule is COc1ccccc1NC(=O)[C@@H](C)Oc1ccc(F)c(F)c1. The molecule has 2 rings (SSSR count). The number of hydrogen-bond donors (Lipinski definition) is 1. The summed E-state index contributed by atoms with van der Waals surface area (Å²) in [6.45, 7) is 1.51. The summed E-state index contributed by atoms with van der Waals surface area (Å²) in [7, 11) is 1.49. The van der Waals surface area contributed by atoms with Crippen molar-refractivity contribution in [3.63, 3.8) is 0 Å². The highest BCUT2D eigenvalue weighted by molar-refractivity contribution is 5.95. The normalized spacial score (nSPS) is 11.6. The molecule has 0 heterocycles. The predicted molar refractivity (Wildman–Crippen MR) is 78.1 cm³/mol. The standard InChI is InChI=1S/C16H15F2NO3/c1-10(22-11-7-8-12(17)13(18)9-11)16(20)19-14-5-3-4-6-15(14)21-2/h3-10H,1-2H3,(H,19,20)/t10-/m1/s1. The van der Waals surface area contributed by atoms with Crippen LogP contribution in [0.4, 0.5) is 14.5 Å². The van der Waals surface area contributed by atoms with Crippen LogP contribution in [0.15, 0.2) is 42.5 Å². The first-order valence-electron chi connectivity index (χ1n) is 6.57. The van der Waals surface area contributed by atoms with Gasteiger partial charge in [-0.25, -0.2) is 8.78 Å². The third-order valence-corrected chi connectivity index (χ3v) is 2.94. The fourth-order valence-corrected chi connectivity index (χ4v) is 1.79. The molecule has 0 fully saturated rings. The molecular formula is C16H15F2NO3. The summed E-state index contributed by atoms with van der Waals surface area (Å²) in [5.74, 6) is -1.86. The van der Waals surface area contributed by atoms with Crippen LogP contribution in [-0.4, -0.2) is 19.1 Å². The molecule has 0 aliphatic heterocycles. The first-order chi connectivity index (χ1) is 10.5. The number of hydrogen-bond acceptors (Lipinski definition) is 3. The number of ether oxygens (including phenoxy) is 2. The Bertz CT molecular complexity index is 676. The Hall–Kier alpha value is -2.63. The second kappa shape index (κ2) is 6.89. The van der Waals surface area contributed by atoms with E-state index in [1.165, 1.54) is 20.1 Å². The van der Waals surface area contributed by atoms with Gasteiger partial charge in [0, 0.05) is 6.07 Å². The minimum absolute atomic E-state index is 0.0709. The van der Waals surface area contributed by atoms with Gasteiger partial charge in [-0.15, -0.1) is 0 Å². The Kier molecular flexibility index (Phi) is 4.93.